The Morgan fingerprint density at radius 1 is 0.762 bits per heavy atom. The van der Waals surface area contributed by atoms with Gasteiger partial charge in [-0.05, 0) is 85.1 Å². The van der Waals surface area contributed by atoms with Gasteiger partial charge in [0.15, 0.2) is 6.10 Å². The minimum Gasteiger partial charge on any atom is -0.457 e. The first-order chi connectivity index (χ1) is 20.1. The number of rotatable bonds is 12. The zero-order valence-electron chi connectivity index (χ0n) is 23.9. The van der Waals surface area contributed by atoms with Crippen molar-refractivity contribution in [3.05, 3.63) is 125 Å². The number of amides is 1. The number of hydrogen-bond donors (Lipinski definition) is 1. The van der Waals surface area contributed by atoms with Gasteiger partial charge in [0.2, 0.25) is 11.7 Å². The third-order valence-corrected chi connectivity index (χ3v) is 7.29. The molecule has 1 amide bonds. The number of carbonyl (C=O) groups excluding carboxylic acids is 3. The molecule has 42 heavy (non-hydrogen) atoms. The van der Waals surface area contributed by atoms with E-state index in [9.17, 15) is 14.4 Å². The van der Waals surface area contributed by atoms with Crippen LogP contribution in [0.2, 0.25) is 5.02 Å². The van der Waals surface area contributed by atoms with Crippen LogP contribution in [0.4, 0.5) is 5.69 Å². The van der Waals surface area contributed by atoms with E-state index < -0.39 is 12.1 Å². The number of anilines is 1. The Morgan fingerprint density at radius 3 is 1.95 bits per heavy atom. The minimum atomic E-state index is -0.924. The number of ketones is 1. The molecule has 7 heteroatoms. The third kappa shape index (κ3) is 8.30. The van der Waals surface area contributed by atoms with E-state index in [1.54, 1.807) is 48.5 Å². The molecule has 0 aliphatic rings. The summed E-state index contributed by atoms with van der Waals surface area (Å²) in [6, 6.07) is 31.9. The molecule has 0 fully saturated rings. The van der Waals surface area contributed by atoms with Crippen LogP contribution in [0, 0.1) is 0 Å². The van der Waals surface area contributed by atoms with Gasteiger partial charge in [0.05, 0.1) is 0 Å². The lowest BCUT2D eigenvalue weighted by molar-refractivity contribution is -0.146. The summed E-state index contributed by atoms with van der Waals surface area (Å²) in [4.78, 5) is 36.9. The number of carbonyl (C=O) groups is 3. The molecule has 1 N–H and O–H groups in total. The Bertz CT molecular complexity index is 1500. The molecule has 0 spiro atoms. The largest absolute Gasteiger partial charge is 0.457 e. The van der Waals surface area contributed by atoms with Crippen LogP contribution in [0.15, 0.2) is 103 Å². The fourth-order valence-corrected chi connectivity index (χ4v) is 4.60. The molecular formula is C35H34ClNO5. The first-order valence-corrected chi connectivity index (χ1v) is 14.2. The molecule has 0 aromatic heterocycles. The summed E-state index contributed by atoms with van der Waals surface area (Å²) in [6.45, 7) is 5.92. The lowest BCUT2D eigenvalue weighted by atomic mass is 9.78. The summed E-state index contributed by atoms with van der Waals surface area (Å²) in [5, 5.41) is 3.34. The molecule has 1 unspecified atom stereocenters. The van der Waals surface area contributed by atoms with E-state index in [0.717, 1.165) is 5.75 Å². The maximum Gasteiger partial charge on any atom is 0.306 e. The van der Waals surface area contributed by atoms with E-state index in [1.165, 1.54) is 18.1 Å². The van der Waals surface area contributed by atoms with Crippen molar-refractivity contribution in [3.63, 3.8) is 0 Å². The van der Waals surface area contributed by atoms with Gasteiger partial charge in [0.25, 0.3) is 0 Å². The Labute approximate surface area is 251 Å². The van der Waals surface area contributed by atoms with E-state index in [-0.39, 0.29) is 29.9 Å². The number of nitrogens with one attached hydrogen (secondary N) is 1. The second kappa shape index (κ2) is 14.0. The molecule has 0 saturated carbocycles. The van der Waals surface area contributed by atoms with E-state index in [1.807, 2.05) is 30.3 Å². The molecule has 4 rings (SSSR count). The second-order valence-electron chi connectivity index (χ2n) is 10.5. The van der Waals surface area contributed by atoms with Crippen LogP contribution < -0.4 is 10.1 Å². The van der Waals surface area contributed by atoms with Crippen LogP contribution in [0.25, 0.3) is 0 Å². The van der Waals surface area contributed by atoms with Gasteiger partial charge in [-0.3, -0.25) is 14.4 Å². The highest BCUT2D eigenvalue weighted by molar-refractivity contribution is 6.30. The molecule has 0 aliphatic heterocycles. The summed E-state index contributed by atoms with van der Waals surface area (Å²) in [6.07, 6.45) is -0.462. The van der Waals surface area contributed by atoms with Gasteiger partial charge < -0.3 is 14.8 Å². The van der Waals surface area contributed by atoms with Gasteiger partial charge in [-0.25, -0.2) is 0 Å². The Balaban J connectivity index is 1.20. The van der Waals surface area contributed by atoms with Crippen molar-refractivity contribution in [2.24, 2.45) is 0 Å². The number of benzene rings is 4. The van der Waals surface area contributed by atoms with Crippen molar-refractivity contribution < 1.29 is 23.9 Å². The predicted octanol–water partition coefficient (Wildman–Crippen LogP) is 8.38. The van der Waals surface area contributed by atoms with Gasteiger partial charge in [-0.1, -0.05) is 67.9 Å². The summed E-state index contributed by atoms with van der Waals surface area (Å²) >= 11 is 5.85. The molecule has 4 aromatic rings. The molecule has 0 bridgehead atoms. The van der Waals surface area contributed by atoms with Gasteiger partial charge in [-0.2, -0.15) is 0 Å². The zero-order chi connectivity index (χ0) is 30.1. The van der Waals surface area contributed by atoms with E-state index in [0.29, 0.717) is 28.4 Å². The average molecular weight is 584 g/mol. The minimum absolute atomic E-state index is 0.0275. The van der Waals surface area contributed by atoms with E-state index in [2.05, 4.69) is 43.4 Å². The van der Waals surface area contributed by atoms with Crippen LogP contribution in [0.3, 0.4) is 0 Å². The second-order valence-corrected chi connectivity index (χ2v) is 11.0. The van der Waals surface area contributed by atoms with Crippen molar-refractivity contribution in [2.75, 3.05) is 5.32 Å². The van der Waals surface area contributed by atoms with Crippen molar-refractivity contribution in [1.82, 2.24) is 0 Å². The molecule has 0 saturated heterocycles. The van der Waals surface area contributed by atoms with Crippen LogP contribution in [0.5, 0.6) is 11.5 Å². The average Bonchev–Trinajstić information content (AvgIpc) is 2.99. The summed E-state index contributed by atoms with van der Waals surface area (Å²) in [5.74, 6) is 0.298. The van der Waals surface area contributed by atoms with E-state index >= 15 is 0 Å². The highest BCUT2D eigenvalue weighted by atomic mass is 35.5. The van der Waals surface area contributed by atoms with Gasteiger partial charge in [0.1, 0.15) is 11.5 Å². The maximum absolute atomic E-state index is 12.4. The molecular weight excluding hydrogens is 550 g/mol. The highest BCUT2D eigenvalue weighted by Crippen LogP contribution is 2.33. The Kier molecular flexibility index (Phi) is 10.2. The molecule has 6 nitrogen and oxygen atoms in total. The first-order valence-electron chi connectivity index (χ1n) is 13.8. The number of halogens is 1. The van der Waals surface area contributed by atoms with Crippen molar-refractivity contribution in [3.8, 4) is 11.5 Å². The molecule has 0 aliphatic carbocycles. The van der Waals surface area contributed by atoms with Gasteiger partial charge in [-0.15, -0.1) is 0 Å². The first kappa shape index (κ1) is 30.5. The standard InChI is InChI=1S/C35H34ClNO5/c1-24(34(40)25-12-16-28(36)17-13-25)41-33(39)11-7-10-32(38)37-29-18-22-31(23-19-29)42-30-20-14-27(15-21-30)35(2,3)26-8-5-4-6-9-26/h4-6,8-9,12-24H,7,10-11H2,1-3H3,(H,37,38). The number of ether oxygens (including phenoxy) is 2. The molecule has 1 atom stereocenters. The normalized spacial score (nSPS) is 11.8. The predicted molar refractivity (Wildman–Crippen MR) is 165 cm³/mol. The quantitative estimate of drug-likeness (QED) is 0.134. The molecule has 216 valence electrons. The van der Waals surface area contributed by atoms with Crippen LogP contribution in [0.1, 0.15) is 61.5 Å². The highest BCUT2D eigenvalue weighted by Gasteiger charge is 2.23. The topological polar surface area (TPSA) is 81.7 Å². The van der Waals surface area contributed by atoms with Crippen LogP contribution >= 0.6 is 11.6 Å². The molecule has 0 heterocycles. The van der Waals surface area contributed by atoms with Crippen LogP contribution in [-0.2, 0) is 19.7 Å². The Morgan fingerprint density at radius 2 is 1.33 bits per heavy atom. The smallest absolute Gasteiger partial charge is 0.306 e. The third-order valence-electron chi connectivity index (χ3n) is 7.04. The fourth-order valence-electron chi connectivity index (χ4n) is 4.48. The summed E-state index contributed by atoms with van der Waals surface area (Å²) < 4.78 is 11.2. The van der Waals surface area contributed by atoms with Crippen molar-refractivity contribution in [1.29, 1.82) is 0 Å². The molecule has 4 aromatic carbocycles. The Hall–Kier alpha value is -4.42. The van der Waals surface area contributed by atoms with Gasteiger partial charge >= 0.3 is 5.97 Å². The number of Topliss-reactive ketones (excluding diaryl/α,β-unsaturated/α-hetero) is 1. The van der Waals surface area contributed by atoms with E-state index in [4.69, 9.17) is 21.1 Å². The maximum atomic E-state index is 12.4. The van der Waals surface area contributed by atoms with Crippen molar-refractivity contribution in [2.45, 2.75) is 51.6 Å². The zero-order valence-corrected chi connectivity index (χ0v) is 24.7. The molecule has 0 radical (unpaired) electrons. The lowest BCUT2D eigenvalue weighted by Gasteiger charge is -2.26. The van der Waals surface area contributed by atoms with Crippen molar-refractivity contribution >= 4 is 34.9 Å². The summed E-state index contributed by atoms with van der Waals surface area (Å²) in [7, 11) is 0. The number of hydrogen-bond acceptors (Lipinski definition) is 5. The lowest BCUT2D eigenvalue weighted by Crippen LogP contribution is -2.24. The van der Waals surface area contributed by atoms with Gasteiger partial charge in [0, 0.05) is 34.5 Å². The SMILES string of the molecule is CC(OC(=O)CCCC(=O)Nc1ccc(Oc2ccc(C(C)(C)c3ccccc3)cc2)cc1)C(=O)c1ccc(Cl)cc1. The monoisotopic (exact) mass is 583 g/mol. The number of esters is 1. The van der Waals surface area contributed by atoms with Crippen LogP contribution in [-0.4, -0.2) is 23.8 Å². The summed E-state index contributed by atoms with van der Waals surface area (Å²) in [5.41, 5.74) is 3.34. The fraction of sp³-hybridized carbons (Fsp3) is 0.229.